The van der Waals surface area contributed by atoms with Gasteiger partial charge in [0.25, 0.3) is 0 Å². The standard InChI is InChI=1S/C13H13F9/c14-11(15,16)9-4-6-1-7(5-9)3-8(2-6)10(9,12(17,18)19)13(20,21)22/h6-8H,1-5H2. The lowest BCUT2D eigenvalue weighted by Crippen LogP contribution is -2.75. The van der Waals surface area contributed by atoms with Crippen molar-refractivity contribution in [1.82, 2.24) is 0 Å². The van der Waals surface area contributed by atoms with Crippen LogP contribution in [0, 0.1) is 28.6 Å². The molecule has 0 saturated heterocycles. The normalized spacial score (nSPS) is 41.0. The van der Waals surface area contributed by atoms with Gasteiger partial charge < -0.3 is 0 Å². The molecule has 4 aliphatic rings. The van der Waals surface area contributed by atoms with Gasteiger partial charge in [-0.3, -0.25) is 0 Å². The molecule has 4 saturated carbocycles. The topological polar surface area (TPSA) is 0 Å². The maximum absolute atomic E-state index is 13.6. The van der Waals surface area contributed by atoms with E-state index in [1.807, 2.05) is 0 Å². The summed E-state index contributed by atoms with van der Waals surface area (Å²) >= 11 is 0. The van der Waals surface area contributed by atoms with Crippen molar-refractivity contribution in [2.24, 2.45) is 28.6 Å². The van der Waals surface area contributed by atoms with E-state index >= 15 is 0 Å². The Kier molecular flexibility index (Phi) is 3.00. The first-order chi connectivity index (χ1) is 9.76. The molecular formula is C13H13F9. The Bertz CT molecular complexity index is 441. The van der Waals surface area contributed by atoms with Gasteiger partial charge in [0.2, 0.25) is 0 Å². The van der Waals surface area contributed by atoms with Crippen LogP contribution in [0.3, 0.4) is 0 Å². The van der Waals surface area contributed by atoms with Crippen molar-refractivity contribution in [3.63, 3.8) is 0 Å². The number of rotatable bonds is 0. The lowest BCUT2D eigenvalue weighted by Gasteiger charge is -2.67. The van der Waals surface area contributed by atoms with E-state index in [4.69, 9.17) is 0 Å². The van der Waals surface area contributed by atoms with Gasteiger partial charge in [0.1, 0.15) is 0 Å². The van der Waals surface area contributed by atoms with Crippen LogP contribution in [-0.4, -0.2) is 18.5 Å². The molecule has 4 rings (SSSR count). The maximum Gasteiger partial charge on any atom is 0.404 e. The van der Waals surface area contributed by atoms with Crippen LogP contribution in [-0.2, 0) is 0 Å². The zero-order valence-electron chi connectivity index (χ0n) is 11.2. The second-order valence-corrected chi connectivity index (χ2v) is 6.93. The summed E-state index contributed by atoms with van der Waals surface area (Å²) < 4.78 is 122. The van der Waals surface area contributed by atoms with Gasteiger partial charge in [0.05, 0.1) is 5.41 Å². The van der Waals surface area contributed by atoms with Crippen molar-refractivity contribution in [2.45, 2.75) is 50.6 Å². The van der Waals surface area contributed by atoms with Gasteiger partial charge in [-0.2, -0.15) is 39.5 Å². The van der Waals surface area contributed by atoms with Gasteiger partial charge in [-0.1, -0.05) is 0 Å². The van der Waals surface area contributed by atoms with E-state index in [9.17, 15) is 39.5 Å². The minimum absolute atomic E-state index is 0.306. The molecule has 0 amide bonds. The molecule has 0 aromatic carbocycles. The Labute approximate surface area is 120 Å². The number of hydrogen-bond donors (Lipinski definition) is 0. The van der Waals surface area contributed by atoms with E-state index in [0.717, 1.165) is 0 Å². The average molecular weight is 340 g/mol. The molecule has 0 aromatic heterocycles. The summed E-state index contributed by atoms with van der Waals surface area (Å²) in [6, 6.07) is 0. The van der Waals surface area contributed by atoms with E-state index < -0.39 is 72.8 Å². The molecule has 4 aliphatic carbocycles. The predicted octanol–water partition coefficient (Wildman–Crippen LogP) is 5.49. The highest BCUT2D eigenvalue weighted by Gasteiger charge is 2.90. The molecule has 4 fully saturated rings. The van der Waals surface area contributed by atoms with Gasteiger partial charge in [-0.15, -0.1) is 0 Å². The van der Waals surface area contributed by atoms with E-state index in [0.29, 0.717) is 6.42 Å². The van der Waals surface area contributed by atoms with Crippen LogP contribution in [0.15, 0.2) is 0 Å². The van der Waals surface area contributed by atoms with E-state index in [2.05, 4.69) is 0 Å². The smallest absolute Gasteiger partial charge is 0.170 e. The van der Waals surface area contributed by atoms with Crippen LogP contribution in [0.2, 0.25) is 0 Å². The third kappa shape index (κ3) is 1.63. The van der Waals surface area contributed by atoms with E-state index in [-0.39, 0.29) is 0 Å². The van der Waals surface area contributed by atoms with Crippen LogP contribution in [0.25, 0.3) is 0 Å². The van der Waals surface area contributed by atoms with Crippen molar-refractivity contribution in [2.75, 3.05) is 0 Å². The van der Waals surface area contributed by atoms with Gasteiger partial charge in [-0.05, 0) is 49.9 Å². The Balaban J connectivity index is 2.31. The molecule has 0 N–H and O–H groups in total. The maximum atomic E-state index is 13.6. The highest BCUT2D eigenvalue weighted by molar-refractivity contribution is 5.21. The summed E-state index contributed by atoms with van der Waals surface area (Å²) in [7, 11) is 0. The molecule has 9 heteroatoms. The second-order valence-electron chi connectivity index (χ2n) is 6.93. The van der Waals surface area contributed by atoms with Crippen molar-refractivity contribution in [1.29, 1.82) is 0 Å². The lowest BCUT2D eigenvalue weighted by molar-refractivity contribution is -0.467. The summed E-state index contributed by atoms with van der Waals surface area (Å²) in [5.41, 5.74) is -8.40. The van der Waals surface area contributed by atoms with Gasteiger partial charge in [0.15, 0.2) is 5.41 Å². The highest BCUT2D eigenvalue weighted by Crippen LogP contribution is 2.80. The number of halogens is 9. The molecule has 0 spiro atoms. The first kappa shape index (κ1) is 16.2. The number of hydrogen-bond acceptors (Lipinski definition) is 0. The molecule has 0 aromatic rings. The largest absolute Gasteiger partial charge is 0.404 e. The molecule has 0 radical (unpaired) electrons. The second kappa shape index (κ2) is 4.06. The third-order valence-corrected chi connectivity index (χ3v) is 5.98. The Hall–Kier alpha value is -0.630. The Morgan fingerprint density at radius 3 is 1.32 bits per heavy atom. The SMILES string of the molecule is FC(F)(F)C12CC3CC(CC(C3)C1(C(F)(F)F)C(F)(F)F)C2. The van der Waals surface area contributed by atoms with Gasteiger partial charge >= 0.3 is 18.5 Å². The van der Waals surface area contributed by atoms with Gasteiger partial charge in [0, 0.05) is 0 Å². The van der Waals surface area contributed by atoms with Crippen LogP contribution >= 0.6 is 0 Å². The predicted molar refractivity (Wildman–Crippen MR) is 56.6 cm³/mol. The quantitative estimate of drug-likeness (QED) is 0.512. The molecule has 2 unspecified atom stereocenters. The molecule has 22 heavy (non-hydrogen) atoms. The summed E-state index contributed by atoms with van der Waals surface area (Å²) in [5.74, 6) is -3.42. The minimum atomic E-state index is -5.97. The molecule has 0 heterocycles. The van der Waals surface area contributed by atoms with Crippen LogP contribution < -0.4 is 0 Å². The first-order valence-corrected chi connectivity index (χ1v) is 6.96. The molecule has 0 nitrogen and oxygen atoms in total. The van der Waals surface area contributed by atoms with E-state index in [1.165, 1.54) is 0 Å². The summed E-state index contributed by atoms with van der Waals surface area (Å²) in [6.45, 7) is 0. The molecule has 2 atom stereocenters. The van der Waals surface area contributed by atoms with Gasteiger partial charge in [-0.25, -0.2) is 0 Å². The van der Waals surface area contributed by atoms with Crippen molar-refractivity contribution in [3.8, 4) is 0 Å². The molecule has 4 bridgehead atoms. The van der Waals surface area contributed by atoms with E-state index in [1.54, 1.807) is 0 Å². The first-order valence-electron chi connectivity index (χ1n) is 6.96. The zero-order valence-corrected chi connectivity index (χ0v) is 11.2. The summed E-state index contributed by atoms with van der Waals surface area (Å²) in [5, 5.41) is 0. The summed E-state index contributed by atoms with van der Waals surface area (Å²) in [6.07, 6.45) is -20.2. The van der Waals surface area contributed by atoms with Crippen LogP contribution in [0.4, 0.5) is 39.5 Å². The highest BCUT2D eigenvalue weighted by atomic mass is 19.4. The third-order valence-electron chi connectivity index (χ3n) is 5.98. The molecular weight excluding hydrogens is 327 g/mol. The van der Waals surface area contributed by atoms with Crippen molar-refractivity contribution >= 4 is 0 Å². The fourth-order valence-corrected chi connectivity index (χ4v) is 5.65. The Morgan fingerprint density at radius 1 is 0.591 bits per heavy atom. The van der Waals surface area contributed by atoms with Crippen molar-refractivity contribution in [3.05, 3.63) is 0 Å². The average Bonchev–Trinajstić information content (AvgIpc) is 2.21. The summed E-state index contributed by atoms with van der Waals surface area (Å²) in [4.78, 5) is 0. The monoisotopic (exact) mass is 340 g/mol. The Morgan fingerprint density at radius 2 is 1.00 bits per heavy atom. The molecule has 128 valence electrons. The number of alkyl halides is 9. The van der Waals surface area contributed by atoms with Crippen LogP contribution in [0.1, 0.15) is 32.1 Å². The fourth-order valence-electron chi connectivity index (χ4n) is 5.65. The van der Waals surface area contributed by atoms with Crippen molar-refractivity contribution < 1.29 is 39.5 Å². The zero-order chi connectivity index (χ0) is 16.8. The minimum Gasteiger partial charge on any atom is -0.170 e. The molecule has 0 aliphatic heterocycles. The van der Waals surface area contributed by atoms with Crippen LogP contribution in [0.5, 0.6) is 0 Å². The lowest BCUT2D eigenvalue weighted by atomic mass is 9.37. The fraction of sp³-hybridized carbons (Fsp3) is 1.00.